The van der Waals surface area contributed by atoms with Crippen LogP contribution < -0.4 is 5.32 Å². The number of likely N-dealkylation sites (tertiary alicyclic amines) is 1. The van der Waals surface area contributed by atoms with E-state index in [9.17, 15) is 0 Å². The molecule has 2 atom stereocenters. The molecule has 0 bridgehead atoms. The number of hydrogen-bond donors (Lipinski definition) is 1. The van der Waals surface area contributed by atoms with E-state index in [1.807, 2.05) is 11.7 Å². The van der Waals surface area contributed by atoms with Gasteiger partial charge in [0.15, 0.2) is 0 Å². The van der Waals surface area contributed by atoms with E-state index in [2.05, 4.69) is 48.3 Å². The molecule has 0 amide bonds. The van der Waals surface area contributed by atoms with Gasteiger partial charge in [0.1, 0.15) is 0 Å². The lowest BCUT2D eigenvalue weighted by Crippen LogP contribution is -2.53. The largest absolute Gasteiger partial charge is 0.307 e. The molecule has 1 fully saturated rings. The van der Waals surface area contributed by atoms with Crippen molar-refractivity contribution in [2.75, 3.05) is 19.6 Å². The molecule has 2 rings (SSSR count). The summed E-state index contributed by atoms with van der Waals surface area (Å²) in [5.74, 6) is 0. The maximum atomic E-state index is 4.68. The highest BCUT2D eigenvalue weighted by atomic mass is 15.3. The van der Waals surface area contributed by atoms with Crippen LogP contribution in [0, 0.1) is 0 Å². The Morgan fingerprint density at radius 3 is 2.55 bits per heavy atom. The van der Waals surface area contributed by atoms with Gasteiger partial charge < -0.3 is 5.32 Å². The Kier molecular flexibility index (Phi) is 5.22. The number of aromatic nitrogens is 2. The van der Waals surface area contributed by atoms with E-state index in [0.717, 1.165) is 19.4 Å². The van der Waals surface area contributed by atoms with E-state index in [0.29, 0.717) is 6.04 Å². The lowest BCUT2D eigenvalue weighted by atomic mass is 9.85. The minimum absolute atomic E-state index is 0.153. The highest BCUT2D eigenvalue weighted by Gasteiger charge is 2.40. The van der Waals surface area contributed by atoms with Crippen molar-refractivity contribution in [3.05, 3.63) is 18.0 Å². The van der Waals surface area contributed by atoms with Gasteiger partial charge >= 0.3 is 0 Å². The summed E-state index contributed by atoms with van der Waals surface area (Å²) in [5, 5.41) is 8.43. The van der Waals surface area contributed by atoms with Crippen molar-refractivity contribution in [2.45, 2.75) is 58.0 Å². The zero-order chi connectivity index (χ0) is 14.6. The zero-order valence-corrected chi connectivity index (χ0v) is 13.5. The Morgan fingerprint density at radius 2 is 2.05 bits per heavy atom. The molecule has 4 nitrogen and oxygen atoms in total. The van der Waals surface area contributed by atoms with Crippen LogP contribution in [-0.2, 0) is 7.05 Å². The third-order valence-corrected chi connectivity index (χ3v) is 4.79. The smallest absolute Gasteiger partial charge is 0.0812 e. The van der Waals surface area contributed by atoms with E-state index < -0.39 is 0 Å². The second-order valence-electron chi connectivity index (χ2n) is 6.21. The summed E-state index contributed by atoms with van der Waals surface area (Å²) in [6, 6.07) is 2.48. The van der Waals surface area contributed by atoms with Crippen LogP contribution in [0.2, 0.25) is 0 Å². The van der Waals surface area contributed by atoms with Crippen LogP contribution in [0.1, 0.15) is 58.2 Å². The molecule has 1 saturated heterocycles. The summed E-state index contributed by atoms with van der Waals surface area (Å²) in [7, 11) is 2.00. The summed E-state index contributed by atoms with van der Waals surface area (Å²) in [6.07, 6.45) is 7.01. The average molecular weight is 278 g/mol. The van der Waals surface area contributed by atoms with Crippen molar-refractivity contribution in [3.8, 4) is 0 Å². The first-order chi connectivity index (χ1) is 9.61. The highest BCUT2D eigenvalue weighted by molar-refractivity contribution is 5.14. The Bertz CT molecular complexity index is 408. The van der Waals surface area contributed by atoms with Gasteiger partial charge in [-0.2, -0.15) is 5.10 Å². The third kappa shape index (κ3) is 3.07. The predicted molar refractivity (Wildman–Crippen MR) is 83.7 cm³/mol. The molecule has 2 heterocycles. The lowest BCUT2D eigenvalue weighted by molar-refractivity contribution is 0.0820. The van der Waals surface area contributed by atoms with Crippen LogP contribution in [0.5, 0.6) is 0 Å². The minimum atomic E-state index is 0.153. The van der Waals surface area contributed by atoms with E-state index in [-0.39, 0.29) is 5.54 Å². The van der Waals surface area contributed by atoms with Crippen LogP contribution in [0.3, 0.4) is 0 Å². The molecule has 4 heteroatoms. The molecule has 0 saturated carbocycles. The highest BCUT2D eigenvalue weighted by Crippen LogP contribution is 2.35. The van der Waals surface area contributed by atoms with Crippen molar-refractivity contribution >= 4 is 0 Å². The van der Waals surface area contributed by atoms with Crippen LogP contribution >= 0.6 is 0 Å². The molecule has 2 unspecified atom stereocenters. The molecule has 20 heavy (non-hydrogen) atoms. The number of nitrogens with zero attached hydrogens (tertiary/aromatic N) is 3. The second-order valence-corrected chi connectivity index (χ2v) is 6.21. The molecule has 0 aliphatic carbocycles. The third-order valence-electron chi connectivity index (χ3n) is 4.79. The first-order valence-electron chi connectivity index (χ1n) is 8.09. The molecule has 0 spiro atoms. The molecule has 0 radical (unpaired) electrons. The first kappa shape index (κ1) is 15.5. The fourth-order valence-corrected chi connectivity index (χ4v) is 3.36. The van der Waals surface area contributed by atoms with E-state index in [4.69, 9.17) is 0 Å². The number of aryl methyl sites for hydroxylation is 1. The van der Waals surface area contributed by atoms with E-state index in [1.165, 1.54) is 31.6 Å². The van der Waals surface area contributed by atoms with Gasteiger partial charge in [-0.05, 0) is 58.3 Å². The second kappa shape index (κ2) is 6.72. The van der Waals surface area contributed by atoms with Crippen LogP contribution in [0.4, 0.5) is 0 Å². The van der Waals surface area contributed by atoms with Gasteiger partial charge in [-0.25, -0.2) is 0 Å². The number of nitrogens with one attached hydrogen (secondary N) is 1. The Morgan fingerprint density at radius 1 is 1.35 bits per heavy atom. The summed E-state index contributed by atoms with van der Waals surface area (Å²) in [4.78, 5) is 2.66. The minimum Gasteiger partial charge on any atom is -0.307 e. The fourth-order valence-electron chi connectivity index (χ4n) is 3.36. The summed E-state index contributed by atoms with van der Waals surface area (Å²) < 4.78 is 1.91. The lowest BCUT2D eigenvalue weighted by Gasteiger charge is -2.44. The van der Waals surface area contributed by atoms with E-state index >= 15 is 0 Å². The van der Waals surface area contributed by atoms with Gasteiger partial charge in [0, 0.05) is 18.8 Å². The maximum Gasteiger partial charge on any atom is 0.0812 e. The van der Waals surface area contributed by atoms with Gasteiger partial charge in [-0.1, -0.05) is 13.8 Å². The molecule has 114 valence electrons. The molecule has 1 aliphatic heterocycles. The normalized spacial score (nSPS) is 21.0. The van der Waals surface area contributed by atoms with E-state index in [1.54, 1.807) is 0 Å². The molecule has 1 aromatic heterocycles. The van der Waals surface area contributed by atoms with Crippen LogP contribution in [-0.4, -0.2) is 39.9 Å². The fraction of sp³-hybridized carbons (Fsp3) is 0.812. The summed E-state index contributed by atoms with van der Waals surface area (Å²) in [5.41, 5.74) is 1.33. The molecule has 1 aromatic rings. The molecular weight excluding hydrogens is 248 g/mol. The van der Waals surface area contributed by atoms with Crippen molar-refractivity contribution < 1.29 is 0 Å². The van der Waals surface area contributed by atoms with Crippen molar-refractivity contribution in [3.63, 3.8) is 0 Å². The standard InChI is InChI=1S/C16H30N4/c1-5-10-17-15(14-9-13-19(4)18-14)16(3,6-2)20-11-7-8-12-20/h9,13,15,17H,5-8,10-12H2,1-4H3. The van der Waals surface area contributed by atoms with Gasteiger partial charge in [0.05, 0.1) is 11.7 Å². The number of rotatable bonds is 7. The van der Waals surface area contributed by atoms with Gasteiger partial charge in [-0.3, -0.25) is 9.58 Å². The average Bonchev–Trinajstić information content (AvgIpc) is 3.10. The number of hydrogen-bond acceptors (Lipinski definition) is 3. The Hall–Kier alpha value is -0.870. The molecule has 0 aromatic carbocycles. The Labute approximate surface area is 123 Å². The topological polar surface area (TPSA) is 33.1 Å². The predicted octanol–water partition coefficient (Wildman–Crippen LogP) is 2.73. The van der Waals surface area contributed by atoms with Crippen LogP contribution in [0.15, 0.2) is 12.3 Å². The molecular formula is C16H30N4. The van der Waals surface area contributed by atoms with Gasteiger partial charge in [0.25, 0.3) is 0 Å². The monoisotopic (exact) mass is 278 g/mol. The zero-order valence-electron chi connectivity index (χ0n) is 13.5. The van der Waals surface area contributed by atoms with Gasteiger partial charge in [-0.15, -0.1) is 0 Å². The van der Waals surface area contributed by atoms with Crippen molar-refractivity contribution in [2.24, 2.45) is 7.05 Å². The first-order valence-corrected chi connectivity index (χ1v) is 8.09. The SMILES string of the molecule is CCCNC(c1ccn(C)n1)C(C)(CC)N1CCCC1. The van der Waals surface area contributed by atoms with Gasteiger partial charge in [0.2, 0.25) is 0 Å². The quantitative estimate of drug-likeness (QED) is 0.832. The molecule has 1 aliphatic rings. The Balaban J connectivity index is 2.26. The van der Waals surface area contributed by atoms with Crippen molar-refractivity contribution in [1.82, 2.24) is 20.0 Å². The molecule has 1 N–H and O–H groups in total. The van der Waals surface area contributed by atoms with Crippen LogP contribution in [0.25, 0.3) is 0 Å². The summed E-state index contributed by atoms with van der Waals surface area (Å²) in [6.45, 7) is 10.4. The maximum absolute atomic E-state index is 4.68. The van der Waals surface area contributed by atoms with Crippen molar-refractivity contribution in [1.29, 1.82) is 0 Å². The summed E-state index contributed by atoms with van der Waals surface area (Å²) >= 11 is 0.